The van der Waals surface area contributed by atoms with Crippen molar-refractivity contribution in [1.82, 2.24) is 0 Å². The Balaban J connectivity index is 1.49. The molecule has 1 fully saturated rings. The van der Waals surface area contributed by atoms with Crippen molar-refractivity contribution in [2.45, 2.75) is 41.7 Å². The maximum atomic E-state index is 13.6. The Kier molecular flexibility index (Phi) is 10.5. The van der Waals surface area contributed by atoms with Crippen LogP contribution in [0.15, 0.2) is 120 Å². The number of aliphatic hydroxyl groups excluding tert-OH is 1. The number of aryl methyl sites for hydroxylation is 1. The molecule has 0 radical (unpaired) electrons. The summed E-state index contributed by atoms with van der Waals surface area (Å²) in [6.07, 6.45) is -6.32. The molecule has 0 bridgehead atoms. The van der Waals surface area contributed by atoms with Gasteiger partial charge in [-0.3, -0.25) is 0 Å². The second-order valence-electron chi connectivity index (χ2n) is 10.3. The lowest BCUT2D eigenvalue weighted by molar-refractivity contribution is -0.206. The van der Waals surface area contributed by atoms with Crippen LogP contribution in [0.25, 0.3) is 0 Å². The summed E-state index contributed by atoms with van der Waals surface area (Å²) >= 11 is 0. The summed E-state index contributed by atoms with van der Waals surface area (Å²) in [5.41, 5.74) is -0.186. The third kappa shape index (κ3) is 8.01. The number of hydrogen-bond donors (Lipinski definition) is 1. The fourth-order valence-electron chi connectivity index (χ4n) is 4.60. The van der Waals surface area contributed by atoms with E-state index in [0.717, 1.165) is 5.56 Å². The Bertz CT molecular complexity index is 1750. The van der Waals surface area contributed by atoms with Gasteiger partial charge in [0.05, 0.1) is 21.6 Å². The minimum Gasteiger partial charge on any atom is -0.459 e. The van der Waals surface area contributed by atoms with E-state index in [1.54, 1.807) is 73.7 Å². The van der Waals surface area contributed by atoms with E-state index in [4.69, 9.17) is 18.9 Å². The summed E-state index contributed by atoms with van der Waals surface area (Å²) in [4.78, 5) is 39.2. The molecule has 46 heavy (non-hydrogen) atoms. The lowest BCUT2D eigenvalue weighted by Crippen LogP contribution is -2.60. The average Bonchev–Trinajstić information content (AvgIpc) is 3.07. The molecule has 0 spiro atoms. The van der Waals surface area contributed by atoms with Gasteiger partial charge in [0.25, 0.3) is 0 Å². The first-order valence-electron chi connectivity index (χ1n) is 14.2. The number of hydrogen-bond acceptors (Lipinski definition) is 11. The molecular weight excluding hydrogens is 632 g/mol. The van der Waals surface area contributed by atoms with E-state index in [1.807, 2.05) is 0 Å². The lowest BCUT2D eigenvalue weighted by Gasteiger charge is -2.42. The third-order valence-electron chi connectivity index (χ3n) is 7.04. The molecule has 0 aromatic heterocycles. The van der Waals surface area contributed by atoms with Crippen LogP contribution in [-0.2, 0) is 27.8 Å². The van der Waals surface area contributed by atoms with Gasteiger partial charge in [0.15, 0.2) is 17.6 Å². The summed E-state index contributed by atoms with van der Waals surface area (Å²) in [5, 5.41) is 11.5. The zero-order valence-corrected chi connectivity index (χ0v) is 26.1. The van der Waals surface area contributed by atoms with Crippen molar-refractivity contribution >= 4 is 37.6 Å². The standard InChI is InChI=1S/C34H30O10S2/c1-22-17-19-26(20-18-22)46(39,40)45-34-30(44-33(38)25-15-9-4-10-16-25)29(43-32(37)24-13-7-3-8-14-24)28(35)27(42-34)21-41-31(36)23-11-5-2-6-12-23/h2-20,27-30,34-35H,21H2,1H3/t27-,28-,29+,30-,34+/m1/s1. The van der Waals surface area contributed by atoms with Crippen LogP contribution in [-0.4, -0.2) is 67.9 Å². The summed E-state index contributed by atoms with van der Waals surface area (Å²) < 4.78 is 50.1. The second kappa shape index (κ2) is 14.7. The van der Waals surface area contributed by atoms with Crippen LogP contribution in [0.4, 0.5) is 0 Å². The molecule has 12 heteroatoms. The van der Waals surface area contributed by atoms with E-state index in [1.165, 1.54) is 48.5 Å². The molecule has 10 nitrogen and oxygen atoms in total. The molecule has 0 unspecified atom stereocenters. The minimum absolute atomic E-state index is 0.0455. The smallest absolute Gasteiger partial charge is 0.338 e. The number of carbonyl (C=O) groups excluding carboxylic acids is 3. The monoisotopic (exact) mass is 662 g/mol. The number of aliphatic hydroxyl groups is 1. The van der Waals surface area contributed by atoms with E-state index in [0.29, 0.717) is 10.8 Å². The van der Waals surface area contributed by atoms with Gasteiger partial charge in [0.1, 0.15) is 18.8 Å². The Morgan fingerprint density at radius 3 is 1.65 bits per heavy atom. The normalized spacial score (nSPS) is 21.1. The van der Waals surface area contributed by atoms with Crippen molar-refractivity contribution in [3.05, 3.63) is 138 Å². The number of carbonyl (C=O) groups is 3. The second-order valence-corrected chi connectivity index (χ2v) is 14.3. The number of rotatable bonds is 10. The highest BCUT2D eigenvalue weighted by molar-refractivity contribution is 8.72. The van der Waals surface area contributed by atoms with Crippen LogP contribution in [0, 0.1) is 6.92 Å². The van der Waals surface area contributed by atoms with Gasteiger partial charge in [-0.25, -0.2) is 22.8 Å². The zero-order valence-electron chi connectivity index (χ0n) is 24.5. The average molecular weight is 663 g/mol. The zero-order chi connectivity index (χ0) is 32.7. The van der Waals surface area contributed by atoms with Gasteiger partial charge < -0.3 is 24.1 Å². The predicted octanol–water partition coefficient (Wildman–Crippen LogP) is 4.81. The van der Waals surface area contributed by atoms with E-state index in [9.17, 15) is 27.9 Å². The van der Waals surface area contributed by atoms with Crippen molar-refractivity contribution in [2.75, 3.05) is 6.61 Å². The van der Waals surface area contributed by atoms with Crippen molar-refractivity contribution in [1.29, 1.82) is 0 Å². The van der Waals surface area contributed by atoms with Crippen molar-refractivity contribution in [3.63, 3.8) is 0 Å². The van der Waals surface area contributed by atoms with Crippen LogP contribution in [0.3, 0.4) is 0 Å². The summed E-state index contributed by atoms with van der Waals surface area (Å²) in [7, 11) is -3.84. The molecule has 5 rings (SSSR count). The predicted molar refractivity (Wildman–Crippen MR) is 169 cm³/mol. The summed E-state index contributed by atoms with van der Waals surface area (Å²) in [5.74, 6) is -2.45. The molecule has 1 aliphatic heterocycles. The van der Waals surface area contributed by atoms with E-state index < -0.39 is 63.2 Å². The van der Waals surface area contributed by atoms with Gasteiger partial charge in [-0.1, -0.05) is 72.3 Å². The van der Waals surface area contributed by atoms with Gasteiger partial charge >= 0.3 is 17.9 Å². The topological polar surface area (TPSA) is 143 Å². The van der Waals surface area contributed by atoms with Gasteiger partial charge in [-0.15, -0.1) is 0 Å². The van der Waals surface area contributed by atoms with E-state index in [-0.39, 0.29) is 21.6 Å². The Hall–Kier alpha value is -4.49. The largest absolute Gasteiger partial charge is 0.459 e. The van der Waals surface area contributed by atoms with Crippen LogP contribution in [0.2, 0.25) is 0 Å². The molecule has 1 aliphatic rings. The van der Waals surface area contributed by atoms with Gasteiger partial charge in [-0.2, -0.15) is 0 Å². The molecule has 4 aromatic carbocycles. The Morgan fingerprint density at radius 2 is 1.15 bits per heavy atom. The first kappa shape index (κ1) is 32.9. The highest BCUT2D eigenvalue weighted by Crippen LogP contribution is 2.38. The SMILES string of the molecule is Cc1ccc(S(=O)(=O)S[C@@H]2O[C@H](COC(=O)c3ccccc3)[C@@H](O)[C@H](OC(=O)c3ccccc3)[C@H]2OC(=O)c2ccccc2)cc1. The molecule has 0 saturated carbocycles. The molecule has 4 aromatic rings. The van der Waals surface area contributed by atoms with E-state index >= 15 is 0 Å². The van der Waals surface area contributed by atoms with Crippen LogP contribution in [0.1, 0.15) is 36.6 Å². The molecule has 1 N–H and O–H groups in total. The molecule has 0 amide bonds. The van der Waals surface area contributed by atoms with E-state index in [2.05, 4.69) is 0 Å². The van der Waals surface area contributed by atoms with Crippen LogP contribution >= 0.6 is 10.8 Å². The van der Waals surface area contributed by atoms with Crippen molar-refractivity contribution in [2.24, 2.45) is 0 Å². The minimum atomic E-state index is -4.16. The fraction of sp³-hybridized carbons (Fsp3) is 0.206. The molecular formula is C34H30O10S2. The maximum Gasteiger partial charge on any atom is 0.338 e. The van der Waals surface area contributed by atoms with Gasteiger partial charge in [-0.05, 0) is 55.5 Å². The molecule has 1 heterocycles. The quantitative estimate of drug-likeness (QED) is 0.142. The highest BCUT2D eigenvalue weighted by atomic mass is 33.1. The lowest BCUT2D eigenvalue weighted by atomic mass is 9.99. The van der Waals surface area contributed by atoms with Gasteiger partial charge in [0, 0.05) is 10.8 Å². The highest BCUT2D eigenvalue weighted by Gasteiger charge is 2.52. The maximum absolute atomic E-state index is 13.6. The molecule has 5 atom stereocenters. The Labute approximate surface area is 269 Å². The summed E-state index contributed by atoms with van der Waals surface area (Å²) in [6, 6.07) is 30.0. The van der Waals surface area contributed by atoms with Crippen molar-refractivity contribution < 1.29 is 46.9 Å². The van der Waals surface area contributed by atoms with Crippen LogP contribution < -0.4 is 0 Å². The molecule has 0 aliphatic carbocycles. The molecule has 238 valence electrons. The molecule has 1 saturated heterocycles. The number of benzene rings is 4. The first-order chi connectivity index (χ1) is 22.1. The van der Waals surface area contributed by atoms with Crippen molar-refractivity contribution in [3.8, 4) is 0 Å². The number of ether oxygens (including phenoxy) is 4. The fourth-order valence-corrected chi connectivity index (χ4v) is 7.82. The first-order valence-corrected chi connectivity index (χ1v) is 17.1. The van der Waals surface area contributed by atoms with Gasteiger partial charge in [0.2, 0.25) is 8.87 Å². The summed E-state index contributed by atoms with van der Waals surface area (Å²) in [6.45, 7) is 1.27. The third-order valence-corrected chi connectivity index (χ3v) is 10.6. The number of esters is 3. The van der Waals surface area contributed by atoms with Crippen LogP contribution in [0.5, 0.6) is 0 Å². The Morgan fingerprint density at radius 1 is 0.696 bits per heavy atom.